The van der Waals surface area contributed by atoms with E-state index in [0.29, 0.717) is 6.92 Å². The van der Waals surface area contributed by atoms with Crippen molar-refractivity contribution in [2.75, 3.05) is 13.2 Å². The summed E-state index contributed by atoms with van der Waals surface area (Å²) in [5.74, 6) is -3.18. The number of carbonyl (C=O) groups is 3. The van der Waals surface area contributed by atoms with E-state index in [1.54, 1.807) is 0 Å². The van der Waals surface area contributed by atoms with Crippen LogP contribution in [0.3, 0.4) is 0 Å². The first-order valence-corrected chi connectivity index (χ1v) is 9.37. The van der Waals surface area contributed by atoms with Gasteiger partial charge in [-0.15, -0.1) is 0 Å². The minimum atomic E-state index is -5.83. The molecule has 1 rings (SSSR count). The summed E-state index contributed by atoms with van der Waals surface area (Å²) < 4.78 is 71.0. The van der Waals surface area contributed by atoms with Gasteiger partial charge in [-0.1, -0.05) is 18.7 Å². The van der Waals surface area contributed by atoms with E-state index >= 15 is 0 Å². The van der Waals surface area contributed by atoms with Crippen molar-refractivity contribution < 1.29 is 50.3 Å². The third-order valence-corrected chi connectivity index (χ3v) is 4.39. The predicted molar refractivity (Wildman–Crippen MR) is 93.9 cm³/mol. The van der Waals surface area contributed by atoms with Gasteiger partial charge in [-0.25, -0.2) is 14.4 Å². The highest BCUT2D eigenvalue weighted by atomic mass is 32.2. The summed E-state index contributed by atoms with van der Waals surface area (Å²) in [6, 6.07) is 4.86. The van der Waals surface area contributed by atoms with Crippen LogP contribution in [-0.4, -0.2) is 55.5 Å². The van der Waals surface area contributed by atoms with E-state index in [1.165, 1.54) is 19.1 Å². The lowest BCUT2D eigenvalue weighted by Crippen LogP contribution is -2.42. The van der Waals surface area contributed by atoms with Gasteiger partial charge in [-0.2, -0.15) is 17.2 Å². The summed E-state index contributed by atoms with van der Waals surface area (Å²) >= 11 is 0. The van der Waals surface area contributed by atoms with Gasteiger partial charge in [0.15, 0.2) is 6.10 Å². The molecule has 0 radical (unpaired) electrons. The van der Waals surface area contributed by atoms with Gasteiger partial charge in [0.1, 0.15) is 13.2 Å². The summed E-state index contributed by atoms with van der Waals surface area (Å²) in [5.41, 5.74) is -0.694. The van der Waals surface area contributed by atoms with Gasteiger partial charge < -0.3 is 14.2 Å². The Morgan fingerprint density at radius 3 is 2.07 bits per heavy atom. The van der Waals surface area contributed by atoms with Crippen LogP contribution in [0.25, 0.3) is 0 Å². The van der Waals surface area contributed by atoms with Crippen molar-refractivity contribution in [3.8, 4) is 0 Å². The molecule has 1 atom stereocenters. The van der Waals surface area contributed by atoms with Crippen LogP contribution in [0.4, 0.5) is 8.78 Å². The zero-order valence-electron chi connectivity index (χ0n) is 15.4. The van der Waals surface area contributed by atoms with Crippen molar-refractivity contribution in [3.05, 3.63) is 47.5 Å². The molecule has 1 aromatic rings. The maximum Gasteiger partial charge on any atom is 0.405 e. The molecule has 0 aliphatic rings. The van der Waals surface area contributed by atoms with Gasteiger partial charge >= 0.3 is 33.3 Å². The molecule has 0 fully saturated rings. The molecule has 0 amide bonds. The summed E-state index contributed by atoms with van der Waals surface area (Å²) in [5, 5.41) is -4.76. The van der Waals surface area contributed by atoms with E-state index in [1.807, 2.05) is 0 Å². The maximum absolute atomic E-state index is 13.5. The molecule has 0 aromatic heterocycles. The van der Waals surface area contributed by atoms with Crippen molar-refractivity contribution in [2.45, 2.75) is 25.2 Å². The average Bonchev–Trinajstić information content (AvgIpc) is 2.63. The smallest absolute Gasteiger partial charge is 0.405 e. The van der Waals surface area contributed by atoms with Crippen LogP contribution < -0.4 is 0 Å². The monoisotopic (exact) mass is 436 g/mol. The van der Waals surface area contributed by atoms with Crippen LogP contribution in [0, 0.1) is 0 Å². The molecule has 0 saturated heterocycles. The molecule has 0 heterocycles. The van der Waals surface area contributed by atoms with Gasteiger partial charge in [0, 0.05) is 5.57 Å². The minimum Gasteiger partial charge on any atom is -0.459 e. The van der Waals surface area contributed by atoms with Gasteiger partial charge in [-0.3, -0.25) is 4.55 Å². The normalized spacial score (nSPS) is 12.6. The Balaban J connectivity index is 2.85. The van der Waals surface area contributed by atoms with Crippen LogP contribution in [0.2, 0.25) is 0 Å². The lowest BCUT2D eigenvalue weighted by atomic mass is 10.1. The molecule has 12 heteroatoms. The minimum absolute atomic E-state index is 0.139. The Morgan fingerprint density at radius 2 is 1.59 bits per heavy atom. The standard InChI is InChI=1S/C17H18F2O9S/c1-10(2)14(20)26-8-9-27-15(21)12-6-4-5-7-13(12)16(22)28-11(3)17(18,19)29(23,24)25/h4-7,11H,1,8-9H2,2-3H3,(H,23,24,25). The quantitative estimate of drug-likeness (QED) is 0.203. The number of carbonyl (C=O) groups excluding carboxylic acids is 3. The molecular formula is C17H18F2O9S. The largest absolute Gasteiger partial charge is 0.459 e. The van der Waals surface area contributed by atoms with Crippen LogP contribution in [0.5, 0.6) is 0 Å². The summed E-state index contributed by atoms with van der Waals surface area (Å²) in [6.07, 6.45) is -2.55. The number of hydrogen-bond donors (Lipinski definition) is 1. The van der Waals surface area contributed by atoms with Gasteiger partial charge in [0.25, 0.3) is 0 Å². The Hall–Kier alpha value is -2.86. The summed E-state index contributed by atoms with van der Waals surface area (Å²) in [4.78, 5) is 35.5. The lowest BCUT2D eigenvalue weighted by Gasteiger charge is -2.21. The topological polar surface area (TPSA) is 133 Å². The Bertz CT molecular complexity index is 909. The second-order valence-electron chi connectivity index (χ2n) is 5.68. The fraction of sp³-hybridized carbons (Fsp3) is 0.353. The van der Waals surface area contributed by atoms with Crippen molar-refractivity contribution in [1.29, 1.82) is 0 Å². The Kier molecular flexibility index (Phi) is 7.97. The molecule has 0 bridgehead atoms. The van der Waals surface area contributed by atoms with E-state index in [-0.39, 0.29) is 24.4 Å². The van der Waals surface area contributed by atoms with Crippen LogP contribution >= 0.6 is 0 Å². The highest BCUT2D eigenvalue weighted by Gasteiger charge is 2.52. The number of rotatable bonds is 9. The summed E-state index contributed by atoms with van der Waals surface area (Å²) in [6.45, 7) is 4.69. The van der Waals surface area contributed by atoms with E-state index < -0.39 is 44.9 Å². The molecule has 160 valence electrons. The SMILES string of the molecule is C=C(C)C(=O)OCCOC(=O)c1ccccc1C(=O)OC(C)C(F)(F)S(=O)(=O)O. The van der Waals surface area contributed by atoms with E-state index in [0.717, 1.165) is 12.1 Å². The fourth-order valence-corrected chi connectivity index (χ4v) is 2.28. The maximum atomic E-state index is 13.5. The van der Waals surface area contributed by atoms with Crippen molar-refractivity contribution in [1.82, 2.24) is 0 Å². The molecular weight excluding hydrogens is 418 g/mol. The number of alkyl halides is 2. The highest BCUT2D eigenvalue weighted by Crippen LogP contribution is 2.28. The van der Waals surface area contributed by atoms with Gasteiger partial charge in [0.05, 0.1) is 11.1 Å². The van der Waals surface area contributed by atoms with E-state index in [9.17, 15) is 31.6 Å². The second-order valence-corrected chi connectivity index (χ2v) is 7.18. The van der Waals surface area contributed by atoms with Crippen molar-refractivity contribution >= 4 is 28.0 Å². The van der Waals surface area contributed by atoms with Crippen LogP contribution in [0.15, 0.2) is 36.4 Å². The molecule has 0 saturated carbocycles. The Labute approximate surface area is 165 Å². The number of halogens is 2. The Morgan fingerprint density at radius 1 is 1.10 bits per heavy atom. The van der Waals surface area contributed by atoms with Gasteiger partial charge in [0.2, 0.25) is 0 Å². The lowest BCUT2D eigenvalue weighted by molar-refractivity contribution is -0.140. The first-order chi connectivity index (χ1) is 13.3. The fourth-order valence-electron chi connectivity index (χ4n) is 1.81. The predicted octanol–water partition coefficient (Wildman–Crippen LogP) is 1.99. The third kappa shape index (κ3) is 6.32. The van der Waals surface area contributed by atoms with E-state index in [2.05, 4.69) is 11.3 Å². The first kappa shape index (κ1) is 24.2. The highest BCUT2D eigenvalue weighted by molar-refractivity contribution is 7.86. The number of ether oxygens (including phenoxy) is 3. The number of benzene rings is 1. The molecule has 9 nitrogen and oxygen atoms in total. The molecule has 0 spiro atoms. The summed E-state index contributed by atoms with van der Waals surface area (Å²) in [7, 11) is -5.83. The molecule has 29 heavy (non-hydrogen) atoms. The van der Waals surface area contributed by atoms with Crippen LogP contribution in [0.1, 0.15) is 34.6 Å². The third-order valence-electron chi connectivity index (χ3n) is 3.37. The van der Waals surface area contributed by atoms with Gasteiger partial charge in [-0.05, 0) is 26.0 Å². The number of esters is 3. The zero-order chi connectivity index (χ0) is 22.4. The first-order valence-electron chi connectivity index (χ1n) is 7.93. The molecule has 1 N–H and O–H groups in total. The average molecular weight is 436 g/mol. The zero-order valence-corrected chi connectivity index (χ0v) is 16.2. The van der Waals surface area contributed by atoms with Crippen LogP contribution in [-0.2, 0) is 29.1 Å². The van der Waals surface area contributed by atoms with Crippen molar-refractivity contribution in [2.24, 2.45) is 0 Å². The molecule has 0 aliphatic heterocycles. The molecule has 0 aliphatic carbocycles. The van der Waals surface area contributed by atoms with Crippen molar-refractivity contribution in [3.63, 3.8) is 0 Å². The molecule has 1 aromatic carbocycles. The molecule has 1 unspecified atom stereocenters. The second kappa shape index (κ2) is 9.56. The number of hydrogen-bond acceptors (Lipinski definition) is 8. The van der Waals surface area contributed by atoms with E-state index in [4.69, 9.17) is 14.0 Å².